The number of pyridine rings is 1. The number of rotatable bonds is 7. The molecule has 0 spiro atoms. The first kappa shape index (κ1) is 17.9. The normalized spacial score (nSPS) is 11.9. The van der Waals surface area contributed by atoms with E-state index in [0.717, 1.165) is 0 Å². The van der Waals surface area contributed by atoms with Crippen molar-refractivity contribution in [1.82, 2.24) is 9.29 Å². The van der Waals surface area contributed by atoms with Crippen LogP contribution in [0.2, 0.25) is 5.15 Å². The summed E-state index contributed by atoms with van der Waals surface area (Å²) in [6.45, 7) is 4.17. The van der Waals surface area contributed by atoms with Gasteiger partial charge in [0.25, 0.3) is 0 Å². The van der Waals surface area contributed by atoms with Gasteiger partial charge in [0, 0.05) is 19.3 Å². The Morgan fingerprint density at radius 1 is 1.48 bits per heavy atom. The summed E-state index contributed by atoms with van der Waals surface area (Å²) in [5.41, 5.74) is 0. The summed E-state index contributed by atoms with van der Waals surface area (Å²) in [6.07, 6.45) is 1.34. The summed E-state index contributed by atoms with van der Waals surface area (Å²) in [4.78, 5) is 15.1. The maximum absolute atomic E-state index is 12.6. The minimum atomic E-state index is -3.72. The SMILES string of the molecule is COC(=O)CCN(CC(C)C)S(=O)(=O)c1ccnc(Cl)c1. The topological polar surface area (TPSA) is 76.6 Å². The van der Waals surface area contributed by atoms with Gasteiger partial charge < -0.3 is 4.74 Å². The van der Waals surface area contributed by atoms with Gasteiger partial charge in [-0.1, -0.05) is 25.4 Å². The molecular formula is C13H19ClN2O4S. The molecule has 0 aliphatic rings. The molecule has 0 atom stereocenters. The van der Waals surface area contributed by atoms with Crippen LogP contribution in [0.4, 0.5) is 0 Å². The molecule has 0 fully saturated rings. The number of aromatic nitrogens is 1. The lowest BCUT2D eigenvalue weighted by atomic mass is 10.2. The zero-order valence-electron chi connectivity index (χ0n) is 12.2. The fraction of sp³-hybridized carbons (Fsp3) is 0.538. The Balaban J connectivity index is 3.02. The Kier molecular flexibility index (Phi) is 6.57. The number of methoxy groups -OCH3 is 1. The van der Waals surface area contributed by atoms with E-state index in [1.807, 2.05) is 13.8 Å². The molecule has 0 aliphatic heterocycles. The Bertz CT molecular complexity index is 590. The zero-order chi connectivity index (χ0) is 16.0. The second kappa shape index (κ2) is 7.72. The average Bonchev–Trinajstić information content (AvgIpc) is 2.42. The number of esters is 1. The first-order valence-electron chi connectivity index (χ1n) is 6.46. The maximum Gasteiger partial charge on any atom is 0.306 e. The largest absolute Gasteiger partial charge is 0.469 e. The Morgan fingerprint density at radius 3 is 2.67 bits per heavy atom. The quantitative estimate of drug-likeness (QED) is 0.562. The van der Waals surface area contributed by atoms with E-state index >= 15 is 0 Å². The molecule has 21 heavy (non-hydrogen) atoms. The van der Waals surface area contributed by atoms with Crippen LogP contribution in [0.3, 0.4) is 0 Å². The van der Waals surface area contributed by atoms with Crippen LogP contribution in [0.1, 0.15) is 20.3 Å². The predicted octanol–water partition coefficient (Wildman–Crippen LogP) is 1.94. The van der Waals surface area contributed by atoms with E-state index in [-0.39, 0.29) is 28.9 Å². The van der Waals surface area contributed by atoms with Crippen LogP contribution in [0, 0.1) is 5.92 Å². The van der Waals surface area contributed by atoms with Crippen LogP contribution in [-0.2, 0) is 19.6 Å². The van der Waals surface area contributed by atoms with Crippen molar-refractivity contribution in [3.05, 3.63) is 23.5 Å². The second-order valence-electron chi connectivity index (χ2n) is 4.90. The highest BCUT2D eigenvalue weighted by atomic mass is 35.5. The Hall–Kier alpha value is -1.18. The summed E-state index contributed by atoms with van der Waals surface area (Å²) in [5.74, 6) is -0.332. The molecule has 0 saturated heterocycles. The van der Waals surface area contributed by atoms with Crippen LogP contribution < -0.4 is 0 Å². The first-order chi connectivity index (χ1) is 9.77. The van der Waals surface area contributed by atoms with Crippen LogP contribution in [0.15, 0.2) is 23.2 Å². The van der Waals surface area contributed by atoms with Crippen molar-refractivity contribution in [2.45, 2.75) is 25.2 Å². The molecule has 1 aromatic heterocycles. The van der Waals surface area contributed by atoms with E-state index in [2.05, 4.69) is 9.72 Å². The summed E-state index contributed by atoms with van der Waals surface area (Å²) in [7, 11) is -2.45. The molecule has 0 amide bonds. The molecule has 0 aromatic carbocycles. The van der Waals surface area contributed by atoms with E-state index in [0.29, 0.717) is 6.54 Å². The van der Waals surface area contributed by atoms with Crippen molar-refractivity contribution < 1.29 is 17.9 Å². The highest BCUT2D eigenvalue weighted by molar-refractivity contribution is 7.89. The minimum Gasteiger partial charge on any atom is -0.469 e. The van der Waals surface area contributed by atoms with E-state index < -0.39 is 16.0 Å². The molecule has 1 heterocycles. The van der Waals surface area contributed by atoms with Gasteiger partial charge >= 0.3 is 5.97 Å². The summed E-state index contributed by atoms with van der Waals surface area (Å²) < 4.78 is 31.0. The molecule has 1 aromatic rings. The van der Waals surface area contributed by atoms with Crippen molar-refractivity contribution in [3.8, 4) is 0 Å². The Labute approximate surface area is 130 Å². The lowest BCUT2D eigenvalue weighted by Gasteiger charge is -2.23. The van der Waals surface area contributed by atoms with Crippen LogP contribution >= 0.6 is 11.6 Å². The van der Waals surface area contributed by atoms with Gasteiger partial charge in [0.15, 0.2) is 0 Å². The second-order valence-corrected chi connectivity index (χ2v) is 7.22. The molecule has 1 rings (SSSR count). The molecule has 8 heteroatoms. The van der Waals surface area contributed by atoms with E-state index in [9.17, 15) is 13.2 Å². The highest BCUT2D eigenvalue weighted by Gasteiger charge is 2.26. The van der Waals surface area contributed by atoms with Gasteiger partial charge in [-0.2, -0.15) is 4.31 Å². The van der Waals surface area contributed by atoms with Crippen molar-refractivity contribution in [2.75, 3.05) is 20.2 Å². The lowest BCUT2D eigenvalue weighted by molar-refractivity contribution is -0.140. The molecule has 0 unspecified atom stereocenters. The van der Waals surface area contributed by atoms with Gasteiger partial charge in [-0.25, -0.2) is 13.4 Å². The third kappa shape index (κ3) is 5.26. The highest BCUT2D eigenvalue weighted by Crippen LogP contribution is 2.19. The number of ether oxygens (including phenoxy) is 1. The molecule has 118 valence electrons. The van der Waals surface area contributed by atoms with Crippen molar-refractivity contribution in [2.24, 2.45) is 5.92 Å². The minimum absolute atomic E-state index is 0.00126. The van der Waals surface area contributed by atoms with Gasteiger partial charge in [0.1, 0.15) is 5.15 Å². The number of carbonyl (C=O) groups excluding carboxylic acids is 1. The van der Waals surface area contributed by atoms with E-state index in [1.165, 1.54) is 29.7 Å². The summed E-state index contributed by atoms with van der Waals surface area (Å²) >= 11 is 5.74. The molecule has 6 nitrogen and oxygen atoms in total. The number of carbonyl (C=O) groups is 1. The van der Waals surface area contributed by atoms with Gasteiger partial charge in [-0.15, -0.1) is 0 Å². The number of hydrogen-bond donors (Lipinski definition) is 0. The smallest absolute Gasteiger partial charge is 0.306 e. The summed E-state index contributed by atoms with van der Waals surface area (Å²) in [6, 6.07) is 2.68. The monoisotopic (exact) mass is 334 g/mol. The van der Waals surface area contributed by atoms with Gasteiger partial charge in [0.05, 0.1) is 18.4 Å². The van der Waals surface area contributed by atoms with Crippen molar-refractivity contribution >= 4 is 27.6 Å². The molecule has 0 aliphatic carbocycles. The van der Waals surface area contributed by atoms with E-state index in [1.54, 1.807) is 0 Å². The zero-order valence-corrected chi connectivity index (χ0v) is 13.8. The fourth-order valence-electron chi connectivity index (χ4n) is 1.73. The number of sulfonamides is 1. The molecule has 0 saturated carbocycles. The maximum atomic E-state index is 12.6. The standard InChI is InChI=1S/C13H19ClN2O4S/c1-10(2)9-16(7-5-13(17)20-3)21(18,19)11-4-6-15-12(14)8-11/h4,6,8,10H,5,7,9H2,1-3H3. The third-order valence-electron chi connectivity index (χ3n) is 2.70. The predicted molar refractivity (Wildman–Crippen MR) is 79.5 cm³/mol. The van der Waals surface area contributed by atoms with Crippen LogP contribution in [0.25, 0.3) is 0 Å². The third-order valence-corrected chi connectivity index (χ3v) is 4.77. The molecule has 0 radical (unpaired) electrons. The number of hydrogen-bond acceptors (Lipinski definition) is 5. The average molecular weight is 335 g/mol. The number of nitrogens with zero attached hydrogens (tertiary/aromatic N) is 2. The van der Waals surface area contributed by atoms with Crippen molar-refractivity contribution in [3.63, 3.8) is 0 Å². The van der Waals surface area contributed by atoms with E-state index in [4.69, 9.17) is 11.6 Å². The first-order valence-corrected chi connectivity index (χ1v) is 8.27. The molecule has 0 bridgehead atoms. The Morgan fingerprint density at radius 2 is 2.14 bits per heavy atom. The van der Waals surface area contributed by atoms with Gasteiger partial charge in [-0.05, 0) is 18.1 Å². The van der Waals surface area contributed by atoms with Crippen molar-refractivity contribution in [1.29, 1.82) is 0 Å². The van der Waals surface area contributed by atoms with Gasteiger partial charge in [-0.3, -0.25) is 4.79 Å². The van der Waals surface area contributed by atoms with Crippen LogP contribution in [0.5, 0.6) is 0 Å². The van der Waals surface area contributed by atoms with Crippen LogP contribution in [-0.4, -0.2) is 43.9 Å². The molecule has 0 N–H and O–H groups in total. The number of halogens is 1. The molecular weight excluding hydrogens is 316 g/mol. The lowest BCUT2D eigenvalue weighted by Crippen LogP contribution is -2.36. The van der Waals surface area contributed by atoms with Gasteiger partial charge in [0.2, 0.25) is 10.0 Å². The fourth-order valence-corrected chi connectivity index (χ4v) is 3.59. The summed E-state index contributed by atoms with van der Waals surface area (Å²) in [5, 5.41) is 0.105.